The minimum absolute atomic E-state index is 0.0211. The van der Waals surface area contributed by atoms with Crippen LogP contribution in [0.3, 0.4) is 0 Å². The van der Waals surface area contributed by atoms with Crippen LogP contribution in [0, 0.1) is 5.92 Å². The molecule has 1 unspecified atom stereocenters. The summed E-state index contributed by atoms with van der Waals surface area (Å²) in [6, 6.07) is 6.96. The van der Waals surface area contributed by atoms with E-state index in [9.17, 15) is 4.79 Å². The monoisotopic (exact) mass is 252 g/mol. The summed E-state index contributed by atoms with van der Waals surface area (Å²) in [6.07, 6.45) is 2.38. The van der Waals surface area contributed by atoms with Crippen molar-refractivity contribution in [3.63, 3.8) is 0 Å². The van der Waals surface area contributed by atoms with Gasteiger partial charge in [-0.05, 0) is 56.1 Å². The van der Waals surface area contributed by atoms with Gasteiger partial charge in [0.25, 0.3) is 5.91 Å². The molecular weight excluding hydrogens is 236 g/mol. The van der Waals surface area contributed by atoms with E-state index in [-0.39, 0.29) is 5.91 Å². The van der Waals surface area contributed by atoms with Gasteiger partial charge in [0.05, 0.1) is 0 Å². The zero-order valence-electron chi connectivity index (χ0n) is 9.71. The highest BCUT2D eigenvalue weighted by atomic mass is 35.5. The number of carbonyl (C=O) groups is 1. The Morgan fingerprint density at radius 3 is 2.82 bits per heavy atom. The Labute approximate surface area is 107 Å². The van der Waals surface area contributed by atoms with Gasteiger partial charge in [0.2, 0.25) is 0 Å². The molecule has 1 aromatic carbocycles. The zero-order chi connectivity index (χ0) is 12.1. The molecule has 0 saturated carbocycles. The van der Waals surface area contributed by atoms with Gasteiger partial charge in [-0.1, -0.05) is 11.6 Å². The Kier molecular flexibility index (Phi) is 4.40. The van der Waals surface area contributed by atoms with Crippen LogP contribution in [0.25, 0.3) is 0 Å². The van der Waals surface area contributed by atoms with Crippen LogP contribution in [-0.2, 0) is 0 Å². The summed E-state index contributed by atoms with van der Waals surface area (Å²) >= 11 is 5.78. The molecular formula is C13H17ClN2O. The lowest BCUT2D eigenvalue weighted by Gasteiger charge is -2.22. The molecule has 4 heteroatoms. The summed E-state index contributed by atoms with van der Waals surface area (Å²) < 4.78 is 0. The van der Waals surface area contributed by atoms with E-state index < -0.39 is 0 Å². The molecule has 2 rings (SSSR count). The molecule has 0 bridgehead atoms. The minimum atomic E-state index is -0.0211. The quantitative estimate of drug-likeness (QED) is 0.865. The van der Waals surface area contributed by atoms with Crippen LogP contribution < -0.4 is 10.6 Å². The van der Waals surface area contributed by atoms with Crippen molar-refractivity contribution < 1.29 is 4.79 Å². The van der Waals surface area contributed by atoms with E-state index in [2.05, 4.69) is 10.6 Å². The topological polar surface area (TPSA) is 41.1 Å². The molecule has 1 fully saturated rings. The molecule has 1 aliphatic rings. The second-order valence-corrected chi connectivity index (χ2v) is 4.87. The summed E-state index contributed by atoms with van der Waals surface area (Å²) in [7, 11) is 0. The van der Waals surface area contributed by atoms with Crippen molar-refractivity contribution in [2.24, 2.45) is 5.92 Å². The molecule has 0 spiro atoms. The van der Waals surface area contributed by atoms with Gasteiger partial charge < -0.3 is 10.6 Å². The predicted octanol–water partition coefficient (Wildman–Crippen LogP) is 2.07. The highest BCUT2D eigenvalue weighted by molar-refractivity contribution is 6.30. The maximum atomic E-state index is 11.8. The molecule has 92 valence electrons. The molecule has 17 heavy (non-hydrogen) atoms. The highest BCUT2D eigenvalue weighted by Gasteiger charge is 2.14. The lowest BCUT2D eigenvalue weighted by Crippen LogP contribution is -2.38. The first kappa shape index (κ1) is 12.4. The smallest absolute Gasteiger partial charge is 0.251 e. The SMILES string of the molecule is O=C(NCC1CCCNC1)c1ccc(Cl)cc1. The molecule has 1 aromatic rings. The molecule has 0 aliphatic carbocycles. The minimum Gasteiger partial charge on any atom is -0.352 e. The first-order chi connectivity index (χ1) is 8.25. The molecule has 1 saturated heterocycles. The lowest BCUT2D eigenvalue weighted by atomic mass is 10.00. The largest absolute Gasteiger partial charge is 0.352 e. The van der Waals surface area contributed by atoms with Crippen LogP contribution >= 0.6 is 11.6 Å². The summed E-state index contributed by atoms with van der Waals surface area (Å²) in [5.41, 5.74) is 0.665. The number of rotatable bonds is 3. The van der Waals surface area contributed by atoms with E-state index in [4.69, 9.17) is 11.6 Å². The van der Waals surface area contributed by atoms with Crippen LogP contribution in [0.2, 0.25) is 5.02 Å². The van der Waals surface area contributed by atoms with Gasteiger partial charge in [0, 0.05) is 17.1 Å². The maximum absolute atomic E-state index is 11.8. The molecule has 3 nitrogen and oxygen atoms in total. The number of amides is 1. The third-order valence-electron chi connectivity index (χ3n) is 3.06. The molecule has 1 atom stereocenters. The van der Waals surface area contributed by atoms with Gasteiger partial charge in [0.1, 0.15) is 0 Å². The molecule has 2 N–H and O–H groups in total. The third-order valence-corrected chi connectivity index (χ3v) is 3.31. The number of carbonyl (C=O) groups excluding carboxylic acids is 1. The summed E-state index contributed by atoms with van der Waals surface area (Å²) in [5, 5.41) is 6.95. The first-order valence-corrected chi connectivity index (χ1v) is 6.38. The average molecular weight is 253 g/mol. The Morgan fingerprint density at radius 1 is 1.41 bits per heavy atom. The standard InChI is InChI=1S/C13H17ClN2O/c14-12-5-3-11(4-6-12)13(17)16-9-10-2-1-7-15-8-10/h3-6,10,15H,1-2,7-9H2,(H,16,17). The number of halogens is 1. The van der Waals surface area contributed by atoms with Gasteiger partial charge in [-0.2, -0.15) is 0 Å². The van der Waals surface area contributed by atoms with Crippen molar-refractivity contribution in [2.45, 2.75) is 12.8 Å². The molecule has 1 aliphatic heterocycles. The molecule has 0 radical (unpaired) electrons. The van der Waals surface area contributed by atoms with Gasteiger partial charge in [-0.25, -0.2) is 0 Å². The molecule has 1 amide bonds. The number of hydrogen-bond donors (Lipinski definition) is 2. The fourth-order valence-electron chi connectivity index (χ4n) is 2.04. The Morgan fingerprint density at radius 2 is 2.18 bits per heavy atom. The van der Waals surface area contributed by atoms with Crippen molar-refractivity contribution >= 4 is 17.5 Å². The Balaban J connectivity index is 1.82. The predicted molar refractivity (Wildman–Crippen MR) is 69.4 cm³/mol. The highest BCUT2D eigenvalue weighted by Crippen LogP contribution is 2.11. The van der Waals surface area contributed by atoms with Crippen molar-refractivity contribution in [1.29, 1.82) is 0 Å². The van der Waals surface area contributed by atoms with Gasteiger partial charge in [-0.3, -0.25) is 4.79 Å². The number of hydrogen-bond acceptors (Lipinski definition) is 2. The zero-order valence-corrected chi connectivity index (χ0v) is 10.5. The Bertz CT molecular complexity index is 372. The first-order valence-electron chi connectivity index (χ1n) is 6.00. The summed E-state index contributed by atoms with van der Waals surface area (Å²) in [4.78, 5) is 11.8. The van der Waals surface area contributed by atoms with E-state index in [0.29, 0.717) is 16.5 Å². The molecule has 1 heterocycles. The third kappa shape index (κ3) is 3.72. The van der Waals surface area contributed by atoms with E-state index in [0.717, 1.165) is 19.6 Å². The fraction of sp³-hybridized carbons (Fsp3) is 0.462. The van der Waals surface area contributed by atoms with Crippen LogP contribution in [0.1, 0.15) is 23.2 Å². The summed E-state index contributed by atoms with van der Waals surface area (Å²) in [5.74, 6) is 0.534. The van der Waals surface area contributed by atoms with Crippen LogP contribution in [0.5, 0.6) is 0 Å². The van der Waals surface area contributed by atoms with Crippen molar-refractivity contribution in [2.75, 3.05) is 19.6 Å². The van der Waals surface area contributed by atoms with Gasteiger partial charge >= 0.3 is 0 Å². The van der Waals surface area contributed by atoms with Crippen LogP contribution in [-0.4, -0.2) is 25.5 Å². The Hall–Kier alpha value is -1.06. The lowest BCUT2D eigenvalue weighted by molar-refractivity contribution is 0.0945. The summed E-state index contributed by atoms with van der Waals surface area (Å²) in [6.45, 7) is 2.84. The van der Waals surface area contributed by atoms with Crippen LogP contribution in [0.4, 0.5) is 0 Å². The second kappa shape index (κ2) is 6.03. The second-order valence-electron chi connectivity index (χ2n) is 4.43. The number of nitrogens with one attached hydrogen (secondary N) is 2. The number of benzene rings is 1. The van der Waals surface area contributed by atoms with E-state index >= 15 is 0 Å². The number of piperidine rings is 1. The van der Waals surface area contributed by atoms with Gasteiger partial charge in [0.15, 0.2) is 0 Å². The van der Waals surface area contributed by atoms with Crippen molar-refractivity contribution in [3.05, 3.63) is 34.9 Å². The van der Waals surface area contributed by atoms with Crippen LogP contribution in [0.15, 0.2) is 24.3 Å². The maximum Gasteiger partial charge on any atom is 0.251 e. The average Bonchev–Trinajstić information content (AvgIpc) is 2.38. The fourth-order valence-corrected chi connectivity index (χ4v) is 2.16. The van der Waals surface area contributed by atoms with Gasteiger partial charge in [-0.15, -0.1) is 0 Å². The van der Waals surface area contributed by atoms with E-state index in [1.165, 1.54) is 12.8 Å². The van der Waals surface area contributed by atoms with E-state index in [1.54, 1.807) is 24.3 Å². The van der Waals surface area contributed by atoms with Crippen molar-refractivity contribution in [3.8, 4) is 0 Å². The normalized spacial score (nSPS) is 19.9. The van der Waals surface area contributed by atoms with Crippen molar-refractivity contribution in [1.82, 2.24) is 10.6 Å². The van der Waals surface area contributed by atoms with E-state index in [1.807, 2.05) is 0 Å². The molecule has 0 aromatic heterocycles.